The average molecular weight is 846 g/mol. The Balaban J connectivity index is 0. The molecule has 0 aliphatic carbocycles. The van der Waals surface area contributed by atoms with Gasteiger partial charge in [0, 0.05) is 0 Å². The van der Waals surface area contributed by atoms with E-state index in [1.165, 1.54) is 205 Å². The van der Waals surface area contributed by atoms with Crippen LogP contribution in [0.2, 0.25) is 0 Å². The van der Waals surface area contributed by atoms with Crippen molar-refractivity contribution in [1.29, 1.82) is 0 Å². The van der Waals surface area contributed by atoms with Gasteiger partial charge in [0.2, 0.25) is 0 Å². The minimum Gasteiger partial charge on any atom is -0.0628 e. The van der Waals surface area contributed by atoms with Crippen molar-refractivity contribution in [3.8, 4) is 0 Å². The Bertz CT molecular complexity index is 786. The lowest BCUT2D eigenvalue weighted by Crippen LogP contribution is -2.03. The molecule has 0 fully saturated rings. The van der Waals surface area contributed by atoms with Crippen molar-refractivity contribution in [1.82, 2.24) is 0 Å². The van der Waals surface area contributed by atoms with E-state index in [0.717, 1.165) is 71.0 Å². The summed E-state index contributed by atoms with van der Waals surface area (Å²) >= 11 is 0. The molecule has 8 unspecified atom stereocenters. The van der Waals surface area contributed by atoms with Crippen LogP contribution in [0, 0.1) is 71.0 Å². The normalized spacial score (nSPS) is 16.2. The van der Waals surface area contributed by atoms with E-state index in [1.807, 2.05) is 0 Å². The molecule has 0 saturated carbocycles. The fourth-order valence-corrected chi connectivity index (χ4v) is 9.70. The minimum atomic E-state index is 0.857. The van der Waals surface area contributed by atoms with Gasteiger partial charge in [0.05, 0.1) is 0 Å². The molecule has 0 aromatic heterocycles. The third-order valence-corrected chi connectivity index (χ3v) is 15.1. The monoisotopic (exact) mass is 845 g/mol. The van der Waals surface area contributed by atoms with Crippen molar-refractivity contribution in [3.05, 3.63) is 0 Å². The second kappa shape index (κ2) is 42.9. The van der Waals surface area contributed by atoms with Crippen LogP contribution in [0.1, 0.15) is 316 Å². The zero-order valence-electron chi connectivity index (χ0n) is 45.6. The highest BCUT2D eigenvalue weighted by atomic mass is 14.2. The predicted molar refractivity (Wildman–Crippen MR) is 280 cm³/mol. The van der Waals surface area contributed by atoms with Crippen molar-refractivity contribution in [2.24, 2.45) is 71.0 Å². The lowest BCUT2D eigenvalue weighted by atomic mass is 9.90. The smallest absolute Gasteiger partial charge is 0.0420 e. The van der Waals surface area contributed by atoms with Crippen LogP contribution in [0.15, 0.2) is 0 Å². The van der Waals surface area contributed by atoms with Gasteiger partial charge in [-0.1, -0.05) is 316 Å². The van der Waals surface area contributed by atoms with Crippen LogP contribution in [-0.4, -0.2) is 0 Å². The van der Waals surface area contributed by atoms with Crippen LogP contribution in [-0.2, 0) is 0 Å². The summed E-state index contributed by atoms with van der Waals surface area (Å²) in [5, 5.41) is 0. The average Bonchev–Trinajstić information content (AvgIpc) is 3.16. The highest BCUT2D eigenvalue weighted by molar-refractivity contribution is 4.64. The van der Waals surface area contributed by atoms with E-state index in [1.54, 1.807) is 0 Å². The Kier molecular flexibility index (Phi) is 44.4. The summed E-state index contributed by atoms with van der Waals surface area (Å²) in [6.07, 6.45) is 46.4. The van der Waals surface area contributed by atoms with Crippen molar-refractivity contribution in [3.63, 3.8) is 0 Å². The Labute approximate surface area is 385 Å². The van der Waals surface area contributed by atoms with E-state index >= 15 is 0 Å². The van der Waals surface area contributed by atoms with Gasteiger partial charge >= 0.3 is 0 Å². The summed E-state index contributed by atoms with van der Waals surface area (Å²) in [5.41, 5.74) is 0. The lowest BCUT2D eigenvalue weighted by Gasteiger charge is -2.16. The van der Waals surface area contributed by atoms with E-state index in [9.17, 15) is 0 Å². The zero-order chi connectivity index (χ0) is 45.6. The van der Waals surface area contributed by atoms with Crippen LogP contribution < -0.4 is 0 Å². The fraction of sp³-hybridized carbons (Fsp3) is 1.00. The molecular weight excluding hydrogens is 721 g/mol. The first-order valence-corrected chi connectivity index (χ1v) is 28.4. The first-order chi connectivity index (χ1) is 28.4. The Hall–Kier alpha value is 0. The quantitative estimate of drug-likeness (QED) is 0.0537. The van der Waals surface area contributed by atoms with Gasteiger partial charge in [0.1, 0.15) is 0 Å². The molecule has 0 nitrogen and oxygen atoms in total. The highest BCUT2D eigenvalue weighted by Crippen LogP contribution is 2.26. The summed E-state index contributed by atoms with van der Waals surface area (Å²) in [5.74, 6) is 11.0. The molecule has 0 spiro atoms. The van der Waals surface area contributed by atoms with E-state index < -0.39 is 0 Å². The molecule has 0 aliphatic rings. The predicted octanol–water partition coefficient (Wildman–Crippen LogP) is 22.2. The van der Waals surface area contributed by atoms with Gasteiger partial charge in [0.25, 0.3) is 0 Å². The number of hydrogen-bond acceptors (Lipinski definition) is 0. The van der Waals surface area contributed by atoms with Crippen molar-refractivity contribution >= 4 is 0 Å². The second-order valence-corrected chi connectivity index (χ2v) is 24.3. The molecule has 0 aromatic carbocycles. The number of unbranched alkanes of at least 4 members (excludes halogenated alkanes) is 5. The third-order valence-electron chi connectivity index (χ3n) is 15.1. The lowest BCUT2D eigenvalue weighted by molar-refractivity contribution is 0.367. The third kappa shape index (κ3) is 47.5. The van der Waals surface area contributed by atoms with E-state index in [2.05, 4.69) is 111 Å². The van der Waals surface area contributed by atoms with E-state index in [4.69, 9.17) is 0 Å². The fourth-order valence-electron chi connectivity index (χ4n) is 9.70. The first kappa shape index (κ1) is 62.1. The Morgan fingerprint density at radius 3 is 0.533 bits per heavy atom. The van der Waals surface area contributed by atoms with E-state index in [0.29, 0.717) is 0 Å². The van der Waals surface area contributed by atoms with Gasteiger partial charge in [-0.2, -0.15) is 0 Å². The van der Waals surface area contributed by atoms with Gasteiger partial charge in [-0.15, -0.1) is 0 Å². The molecule has 60 heavy (non-hydrogen) atoms. The molecule has 0 rings (SSSR count). The molecule has 0 aliphatic heterocycles. The summed E-state index contributed by atoms with van der Waals surface area (Å²) in [6, 6.07) is 0. The molecule has 0 heteroatoms. The first-order valence-electron chi connectivity index (χ1n) is 28.4. The van der Waals surface area contributed by atoms with Gasteiger partial charge in [-0.3, -0.25) is 0 Å². The van der Waals surface area contributed by atoms with Gasteiger partial charge < -0.3 is 0 Å². The number of hydrogen-bond donors (Lipinski definition) is 0. The molecular formula is C60H124. The molecule has 8 atom stereocenters. The molecule has 364 valence electrons. The molecule has 0 amide bonds. The van der Waals surface area contributed by atoms with E-state index in [-0.39, 0.29) is 0 Å². The molecule has 0 N–H and O–H groups in total. The summed E-state index contributed by atoms with van der Waals surface area (Å²) in [7, 11) is 0. The minimum absolute atomic E-state index is 0.857. The molecule has 0 saturated heterocycles. The maximum atomic E-state index is 2.49. The number of rotatable bonds is 42. The summed E-state index contributed by atoms with van der Waals surface area (Å²) < 4.78 is 0. The standard InChI is InChI=1S/2C30H62/c1-25(2)15-11-19-29(7)23-13-21-27(5)17-9-10-18-28(6)22-14-24-30(8)20-12-16-26(3)4;1-25(2)17-15-21-29(7)23-16-22-28(6)20-14-13-19-27(5)18-11-9-10-12-24-30(8)26(3)4/h2*25-30H,9-24H2,1-8H3. The van der Waals surface area contributed by atoms with Crippen LogP contribution in [0.4, 0.5) is 0 Å². The zero-order valence-corrected chi connectivity index (χ0v) is 45.6. The highest BCUT2D eigenvalue weighted by Gasteiger charge is 2.11. The summed E-state index contributed by atoms with van der Waals surface area (Å²) in [4.78, 5) is 0. The topological polar surface area (TPSA) is 0 Å². The van der Waals surface area contributed by atoms with Crippen LogP contribution in [0.25, 0.3) is 0 Å². The van der Waals surface area contributed by atoms with Gasteiger partial charge in [0.15, 0.2) is 0 Å². The van der Waals surface area contributed by atoms with Crippen LogP contribution >= 0.6 is 0 Å². The maximum absolute atomic E-state index is 2.49. The molecule has 0 radical (unpaired) electrons. The molecule has 0 aromatic rings. The van der Waals surface area contributed by atoms with Crippen molar-refractivity contribution in [2.45, 2.75) is 316 Å². The summed E-state index contributed by atoms with van der Waals surface area (Å²) in [6.45, 7) is 38.6. The second-order valence-electron chi connectivity index (χ2n) is 24.3. The Morgan fingerprint density at radius 2 is 0.333 bits per heavy atom. The van der Waals surface area contributed by atoms with Crippen molar-refractivity contribution < 1.29 is 0 Å². The Morgan fingerprint density at radius 1 is 0.167 bits per heavy atom. The molecule has 0 heterocycles. The SMILES string of the molecule is CC(C)CCCC(C)CCCC(C)CCCCC(C)CCCC(C)CCCC(C)C.CC(C)CCCC(C)CCCC(C)CCCCC(C)CCCCCCC(C)C(C)C. The van der Waals surface area contributed by atoms with Crippen LogP contribution in [0.5, 0.6) is 0 Å². The van der Waals surface area contributed by atoms with Gasteiger partial charge in [-0.05, 0) is 71.0 Å². The van der Waals surface area contributed by atoms with Crippen LogP contribution in [0.3, 0.4) is 0 Å². The van der Waals surface area contributed by atoms with Crippen molar-refractivity contribution in [2.75, 3.05) is 0 Å². The largest absolute Gasteiger partial charge is 0.0628 e. The molecule has 0 bridgehead atoms. The van der Waals surface area contributed by atoms with Gasteiger partial charge in [-0.25, -0.2) is 0 Å². The maximum Gasteiger partial charge on any atom is -0.0420 e.